The first-order chi connectivity index (χ1) is 8.48. The molecule has 0 radical (unpaired) electrons. The van der Waals surface area contributed by atoms with Crippen LogP contribution in [0.5, 0.6) is 0 Å². The second-order valence-corrected chi connectivity index (χ2v) is 5.55. The van der Waals surface area contributed by atoms with Crippen molar-refractivity contribution in [3.63, 3.8) is 0 Å². The van der Waals surface area contributed by atoms with Crippen LogP contribution in [0.25, 0.3) is 0 Å². The molecule has 2 N–H and O–H groups in total. The highest BCUT2D eigenvalue weighted by Gasteiger charge is 2.19. The van der Waals surface area contributed by atoms with Gasteiger partial charge in [-0.05, 0) is 31.7 Å². The van der Waals surface area contributed by atoms with Gasteiger partial charge in [0.1, 0.15) is 11.6 Å². The third kappa shape index (κ3) is 4.61. The average Bonchev–Trinajstić information content (AvgIpc) is 2.74. The highest BCUT2D eigenvalue weighted by molar-refractivity contribution is 5.80. The van der Waals surface area contributed by atoms with Crippen LogP contribution in [0, 0.1) is 5.41 Å². The Bertz CT molecular complexity index is 382. The van der Waals surface area contributed by atoms with Crippen molar-refractivity contribution in [1.82, 2.24) is 9.55 Å². The SMILES string of the molecule is CCn1ccnc1CC(=O)CCC(C)(C)CCN. The molecule has 0 atom stereocenters. The number of hydrogen-bond donors (Lipinski definition) is 1. The molecule has 102 valence electrons. The number of carbonyl (C=O) groups is 1. The van der Waals surface area contributed by atoms with Crippen molar-refractivity contribution in [2.24, 2.45) is 11.1 Å². The van der Waals surface area contributed by atoms with Crippen LogP contribution in [0.3, 0.4) is 0 Å². The molecule has 1 rings (SSSR count). The molecule has 4 heteroatoms. The molecule has 1 heterocycles. The molecule has 0 aliphatic carbocycles. The van der Waals surface area contributed by atoms with Gasteiger partial charge in [-0.15, -0.1) is 0 Å². The van der Waals surface area contributed by atoms with Gasteiger partial charge in [-0.25, -0.2) is 4.98 Å². The van der Waals surface area contributed by atoms with Crippen molar-refractivity contribution in [2.75, 3.05) is 6.54 Å². The monoisotopic (exact) mass is 251 g/mol. The maximum atomic E-state index is 11.9. The molecule has 0 fully saturated rings. The van der Waals surface area contributed by atoms with Crippen LogP contribution < -0.4 is 5.73 Å². The quantitative estimate of drug-likeness (QED) is 0.770. The molecule has 0 saturated carbocycles. The summed E-state index contributed by atoms with van der Waals surface area (Å²) in [6, 6.07) is 0. The minimum atomic E-state index is 0.157. The van der Waals surface area contributed by atoms with E-state index in [1.54, 1.807) is 6.20 Å². The lowest BCUT2D eigenvalue weighted by atomic mass is 9.83. The van der Waals surface area contributed by atoms with E-state index >= 15 is 0 Å². The van der Waals surface area contributed by atoms with Crippen LogP contribution in [-0.2, 0) is 17.8 Å². The molecule has 0 aliphatic rings. The summed E-state index contributed by atoms with van der Waals surface area (Å²) < 4.78 is 2.02. The smallest absolute Gasteiger partial charge is 0.140 e. The Morgan fingerprint density at radius 2 is 2.17 bits per heavy atom. The second-order valence-electron chi connectivity index (χ2n) is 5.55. The van der Waals surface area contributed by atoms with Crippen LogP contribution in [0.4, 0.5) is 0 Å². The van der Waals surface area contributed by atoms with Gasteiger partial charge in [0.25, 0.3) is 0 Å². The van der Waals surface area contributed by atoms with Gasteiger partial charge >= 0.3 is 0 Å². The van der Waals surface area contributed by atoms with E-state index in [9.17, 15) is 4.79 Å². The molecule has 0 aromatic carbocycles. The molecule has 1 aromatic rings. The molecule has 0 bridgehead atoms. The van der Waals surface area contributed by atoms with E-state index in [1.165, 1.54) is 0 Å². The fourth-order valence-corrected chi connectivity index (χ4v) is 2.05. The van der Waals surface area contributed by atoms with Crippen LogP contribution in [-0.4, -0.2) is 21.9 Å². The average molecular weight is 251 g/mol. The Hall–Kier alpha value is -1.16. The highest BCUT2D eigenvalue weighted by atomic mass is 16.1. The molecule has 0 spiro atoms. The fourth-order valence-electron chi connectivity index (χ4n) is 2.05. The van der Waals surface area contributed by atoms with E-state index in [2.05, 4.69) is 25.8 Å². The summed E-state index contributed by atoms with van der Waals surface area (Å²) in [5.41, 5.74) is 5.73. The molecule has 18 heavy (non-hydrogen) atoms. The number of nitrogens with zero attached hydrogens (tertiary/aromatic N) is 2. The Balaban J connectivity index is 2.43. The van der Waals surface area contributed by atoms with E-state index in [-0.39, 0.29) is 11.2 Å². The summed E-state index contributed by atoms with van der Waals surface area (Å²) in [7, 11) is 0. The maximum Gasteiger partial charge on any atom is 0.140 e. The van der Waals surface area contributed by atoms with Crippen molar-refractivity contribution < 1.29 is 4.79 Å². The third-order valence-corrected chi connectivity index (χ3v) is 3.40. The fraction of sp³-hybridized carbons (Fsp3) is 0.714. The molecule has 4 nitrogen and oxygen atoms in total. The number of nitrogens with two attached hydrogens (primary N) is 1. The summed E-state index contributed by atoms with van der Waals surface area (Å²) in [6.07, 6.45) is 6.59. The normalized spacial score (nSPS) is 11.8. The van der Waals surface area contributed by atoms with Gasteiger partial charge in [-0.3, -0.25) is 4.79 Å². The Kier molecular flexibility index (Phi) is 5.54. The van der Waals surface area contributed by atoms with E-state index in [0.29, 0.717) is 19.4 Å². The molecule has 1 aromatic heterocycles. The number of hydrogen-bond acceptors (Lipinski definition) is 3. The van der Waals surface area contributed by atoms with Crippen LogP contribution in [0.15, 0.2) is 12.4 Å². The number of rotatable bonds is 8. The maximum absolute atomic E-state index is 11.9. The van der Waals surface area contributed by atoms with Gasteiger partial charge in [0.15, 0.2) is 0 Å². The summed E-state index contributed by atoms with van der Waals surface area (Å²) >= 11 is 0. The van der Waals surface area contributed by atoms with Gasteiger partial charge < -0.3 is 10.3 Å². The first kappa shape index (κ1) is 14.9. The number of aryl methyl sites for hydroxylation is 1. The first-order valence-corrected chi connectivity index (χ1v) is 6.70. The van der Waals surface area contributed by atoms with Gasteiger partial charge in [-0.1, -0.05) is 13.8 Å². The third-order valence-electron chi connectivity index (χ3n) is 3.40. The van der Waals surface area contributed by atoms with Crippen molar-refractivity contribution in [2.45, 2.75) is 53.0 Å². The number of carbonyl (C=O) groups excluding carboxylic acids is 1. The minimum absolute atomic E-state index is 0.157. The highest BCUT2D eigenvalue weighted by Crippen LogP contribution is 2.26. The molecule has 0 amide bonds. The molecular formula is C14H25N3O. The van der Waals surface area contributed by atoms with E-state index < -0.39 is 0 Å². The zero-order valence-corrected chi connectivity index (χ0v) is 11.8. The minimum Gasteiger partial charge on any atom is -0.335 e. The van der Waals surface area contributed by atoms with Crippen molar-refractivity contribution in [3.8, 4) is 0 Å². The predicted octanol–water partition coefficient (Wildman–Crippen LogP) is 2.17. The molecule has 0 saturated heterocycles. The number of Topliss-reactive ketones (excluding diaryl/α,β-unsaturated/α-hetero) is 1. The summed E-state index contributed by atoms with van der Waals surface area (Å²) in [5.74, 6) is 1.14. The van der Waals surface area contributed by atoms with E-state index in [1.807, 2.05) is 10.8 Å². The van der Waals surface area contributed by atoms with Gasteiger partial charge in [0, 0.05) is 25.4 Å². The van der Waals surface area contributed by atoms with Crippen LogP contribution >= 0.6 is 0 Å². The van der Waals surface area contributed by atoms with Gasteiger partial charge in [-0.2, -0.15) is 0 Å². The largest absolute Gasteiger partial charge is 0.335 e. The zero-order chi connectivity index (χ0) is 13.6. The van der Waals surface area contributed by atoms with E-state index in [4.69, 9.17) is 5.73 Å². The Morgan fingerprint density at radius 3 is 2.78 bits per heavy atom. The molecule has 0 aliphatic heterocycles. The summed E-state index contributed by atoms with van der Waals surface area (Å²) in [5, 5.41) is 0. The van der Waals surface area contributed by atoms with Crippen molar-refractivity contribution in [3.05, 3.63) is 18.2 Å². The Morgan fingerprint density at radius 1 is 1.44 bits per heavy atom. The lowest BCUT2D eigenvalue weighted by Crippen LogP contribution is -2.19. The Labute approximate surface area is 110 Å². The first-order valence-electron chi connectivity index (χ1n) is 6.70. The second kappa shape index (κ2) is 6.69. The van der Waals surface area contributed by atoms with E-state index in [0.717, 1.165) is 25.2 Å². The van der Waals surface area contributed by atoms with Gasteiger partial charge in [0.2, 0.25) is 0 Å². The predicted molar refractivity (Wildman–Crippen MR) is 73.3 cm³/mol. The molecular weight excluding hydrogens is 226 g/mol. The number of aromatic nitrogens is 2. The van der Waals surface area contributed by atoms with Crippen LogP contribution in [0.2, 0.25) is 0 Å². The number of imidazole rings is 1. The standard InChI is InChI=1S/C14H25N3O/c1-4-17-10-9-16-13(17)11-12(18)5-6-14(2,3)7-8-15/h9-10H,4-8,11,15H2,1-3H3. The zero-order valence-electron chi connectivity index (χ0n) is 11.8. The topological polar surface area (TPSA) is 60.9 Å². The number of ketones is 1. The lowest BCUT2D eigenvalue weighted by Gasteiger charge is -2.23. The molecule has 0 unspecified atom stereocenters. The summed E-state index contributed by atoms with van der Waals surface area (Å²) in [4.78, 5) is 16.2. The summed E-state index contributed by atoms with van der Waals surface area (Å²) in [6.45, 7) is 7.93. The van der Waals surface area contributed by atoms with Crippen LogP contribution in [0.1, 0.15) is 45.9 Å². The van der Waals surface area contributed by atoms with Crippen molar-refractivity contribution >= 4 is 5.78 Å². The van der Waals surface area contributed by atoms with Gasteiger partial charge in [0.05, 0.1) is 6.42 Å². The lowest BCUT2D eigenvalue weighted by molar-refractivity contribution is -0.119. The van der Waals surface area contributed by atoms with Crippen molar-refractivity contribution in [1.29, 1.82) is 0 Å².